The Bertz CT molecular complexity index is 604. The van der Waals surface area contributed by atoms with Gasteiger partial charge >= 0.3 is 0 Å². The molecule has 0 aliphatic heterocycles. The predicted molar refractivity (Wildman–Crippen MR) is 89.6 cm³/mol. The first-order valence-electron chi connectivity index (χ1n) is 8.07. The van der Waals surface area contributed by atoms with Gasteiger partial charge < -0.3 is 10.2 Å². The molecule has 3 nitrogen and oxygen atoms in total. The van der Waals surface area contributed by atoms with Crippen molar-refractivity contribution < 1.29 is 0 Å². The highest BCUT2D eigenvalue weighted by atomic mass is 15.1. The minimum Gasteiger partial charge on any atom is -0.370 e. The smallest absolute Gasteiger partial charge is 0.131 e. The highest BCUT2D eigenvalue weighted by Gasteiger charge is 2.19. The summed E-state index contributed by atoms with van der Waals surface area (Å²) >= 11 is 0. The molecule has 1 N–H and O–H groups in total. The summed E-state index contributed by atoms with van der Waals surface area (Å²) in [6.07, 6.45) is 4.22. The molecule has 0 atom stereocenters. The molecule has 1 saturated carbocycles. The number of hydrogen-bond acceptors (Lipinski definition) is 3. The standard InChI is InChI=1S/C18H25N3/c1-3-19-18-16(13-21(2)12-14-7-6-8-14)11-15-9-4-5-10-17(15)20-18/h4-5,9-11,14H,3,6-8,12-13H2,1-2H3,(H,19,20). The molecule has 0 unspecified atom stereocenters. The number of para-hydroxylation sites is 1. The van der Waals surface area contributed by atoms with Crippen LogP contribution >= 0.6 is 0 Å². The summed E-state index contributed by atoms with van der Waals surface area (Å²) in [5.41, 5.74) is 2.37. The predicted octanol–water partition coefficient (Wildman–Crippen LogP) is 3.90. The van der Waals surface area contributed by atoms with Gasteiger partial charge in [0.25, 0.3) is 0 Å². The summed E-state index contributed by atoms with van der Waals surface area (Å²) in [5.74, 6) is 1.95. The Morgan fingerprint density at radius 1 is 1.29 bits per heavy atom. The molecule has 0 amide bonds. The van der Waals surface area contributed by atoms with Gasteiger partial charge in [-0.15, -0.1) is 0 Å². The van der Waals surface area contributed by atoms with E-state index in [2.05, 4.69) is 48.5 Å². The molecule has 21 heavy (non-hydrogen) atoms. The lowest BCUT2D eigenvalue weighted by Gasteiger charge is -2.30. The maximum Gasteiger partial charge on any atom is 0.131 e. The molecular weight excluding hydrogens is 258 g/mol. The topological polar surface area (TPSA) is 28.2 Å². The molecule has 0 bridgehead atoms. The molecule has 1 fully saturated rings. The average Bonchev–Trinajstić information content (AvgIpc) is 2.44. The Morgan fingerprint density at radius 3 is 2.81 bits per heavy atom. The number of rotatable bonds is 6. The zero-order valence-electron chi connectivity index (χ0n) is 13.1. The fraction of sp³-hybridized carbons (Fsp3) is 0.500. The van der Waals surface area contributed by atoms with E-state index < -0.39 is 0 Å². The lowest BCUT2D eigenvalue weighted by Crippen LogP contribution is -2.29. The second-order valence-electron chi connectivity index (χ2n) is 6.21. The Kier molecular flexibility index (Phi) is 4.39. The molecule has 112 valence electrons. The zero-order chi connectivity index (χ0) is 14.7. The van der Waals surface area contributed by atoms with Crippen LogP contribution in [0.5, 0.6) is 0 Å². The van der Waals surface area contributed by atoms with E-state index in [1.165, 1.54) is 36.8 Å². The van der Waals surface area contributed by atoms with Crippen LogP contribution in [-0.4, -0.2) is 30.0 Å². The molecule has 2 aromatic rings. The van der Waals surface area contributed by atoms with Crippen LogP contribution < -0.4 is 5.32 Å². The maximum absolute atomic E-state index is 4.79. The van der Waals surface area contributed by atoms with E-state index in [-0.39, 0.29) is 0 Å². The van der Waals surface area contributed by atoms with Crippen molar-refractivity contribution in [3.05, 3.63) is 35.9 Å². The summed E-state index contributed by atoms with van der Waals surface area (Å²) < 4.78 is 0. The van der Waals surface area contributed by atoms with Gasteiger partial charge in [-0.1, -0.05) is 24.6 Å². The van der Waals surface area contributed by atoms with E-state index in [1.54, 1.807) is 0 Å². The number of benzene rings is 1. The third-order valence-corrected chi connectivity index (χ3v) is 4.38. The van der Waals surface area contributed by atoms with Crippen molar-refractivity contribution in [3.63, 3.8) is 0 Å². The second-order valence-corrected chi connectivity index (χ2v) is 6.21. The molecule has 1 aliphatic carbocycles. The Hall–Kier alpha value is -1.61. The molecule has 1 aromatic carbocycles. The number of hydrogen-bond donors (Lipinski definition) is 1. The number of anilines is 1. The van der Waals surface area contributed by atoms with E-state index in [4.69, 9.17) is 4.98 Å². The highest BCUT2D eigenvalue weighted by molar-refractivity contribution is 5.81. The van der Waals surface area contributed by atoms with Crippen molar-refractivity contribution >= 4 is 16.7 Å². The van der Waals surface area contributed by atoms with E-state index in [1.807, 2.05) is 6.07 Å². The van der Waals surface area contributed by atoms with Gasteiger partial charge in [-0.3, -0.25) is 0 Å². The Labute approximate surface area is 127 Å². The Balaban J connectivity index is 1.82. The molecule has 1 aromatic heterocycles. The molecular formula is C18H25N3. The van der Waals surface area contributed by atoms with E-state index in [0.717, 1.165) is 30.3 Å². The first-order chi connectivity index (χ1) is 10.3. The third-order valence-electron chi connectivity index (χ3n) is 4.38. The van der Waals surface area contributed by atoms with Gasteiger partial charge in [-0.25, -0.2) is 4.98 Å². The molecule has 3 heteroatoms. The van der Waals surface area contributed by atoms with Crippen LogP contribution in [0.2, 0.25) is 0 Å². The average molecular weight is 283 g/mol. The number of pyridine rings is 1. The van der Waals surface area contributed by atoms with Crippen molar-refractivity contribution in [1.82, 2.24) is 9.88 Å². The lowest BCUT2D eigenvalue weighted by atomic mass is 9.85. The molecule has 0 spiro atoms. The van der Waals surface area contributed by atoms with Crippen molar-refractivity contribution in [2.24, 2.45) is 5.92 Å². The molecule has 0 saturated heterocycles. The van der Waals surface area contributed by atoms with Crippen LogP contribution in [0.1, 0.15) is 31.7 Å². The SMILES string of the molecule is CCNc1nc2ccccc2cc1CN(C)CC1CCC1. The fourth-order valence-corrected chi connectivity index (χ4v) is 3.07. The van der Waals surface area contributed by atoms with Gasteiger partial charge in [0.05, 0.1) is 5.52 Å². The second kappa shape index (κ2) is 6.44. The van der Waals surface area contributed by atoms with Gasteiger partial charge in [0.15, 0.2) is 0 Å². The summed E-state index contributed by atoms with van der Waals surface area (Å²) in [6.45, 7) is 5.21. The van der Waals surface area contributed by atoms with Crippen molar-refractivity contribution in [1.29, 1.82) is 0 Å². The van der Waals surface area contributed by atoms with Crippen molar-refractivity contribution in [3.8, 4) is 0 Å². The van der Waals surface area contributed by atoms with Gasteiger partial charge in [-0.2, -0.15) is 0 Å². The molecule has 0 radical (unpaired) electrons. The van der Waals surface area contributed by atoms with E-state index in [0.29, 0.717) is 0 Å². The van der Waals surface area contributed by atoms with Gasteiger partial charge in [0.1, 0.15) is 5.82 Å². The number of fused-ring (bicyclic) bond motifs is 1. The Morgan fingerprint density at radius 2 is 2.10 bits per heavy atom. The van der Waals surface area contributed by atoms with Crippen molar-refractivity contribution in [2.45, 2.75) is 32.7 Å². The number of nitrogens with zero attached hydrogens (tertiary/aromatic N) is 2. The minimum atomic E-state index is 0.907. The number of nitrogens with one attached hydrogen (secondary N) is 1. The summed E-state index contributed by atoms with van der Waals surface area (Å²) in [7, 11) is 2.23. The van der Waals surface area contributed by atoms with Gasteiger partial charge in [-0.05, 0) is 44.9 Å². The van der Waals surface area contributed by atoms with Crippen molar-refractivity contribution in [2.75, 3.05) is 25.5 Å². The summed E-state index contributed by atoms with van der Waals surface area (Å²) in [6, 6.07) is 10.6. The normalized spacial score (nSPS) is 15.4. The highest BCUT2D eigenvalue weighted by Crippen LogP contribution is 2.28. The number of aromatic nitrogens is 1. The third kappa shape index (κ3) is 3.35. The maximum atomic E-state index is 4.79. The fourth-order valence-electron chi connectivity index (χ4n) is 3.07. The molecule has 1 aliphatic rings. The van der Waals surface area contributed by atoms with Crippen LogP contribution in [0.3, 0.4) is 0 Å². The van der Waals surface area contributed by atoms with Crippen LogP contribution in [-0.2, 0) is 6.54 Å². The summed E-state index contributed by atoms with van der Waals surface area (Å²) in [5, 5.41) is 4.65. The lowest BCUT2D eigenvalue weighted by molar-refractivity contribution is 0.200. The quantitative estimate of drug-likeness (QED) is 0.871. The van der Waals surface area contributed by atoms with Crippen LogP contribution in [0.4, 0.5) is 5.82 Å². The largest absolute Gasteiger partial charge is 0.370 e. The van der Waals surface area contributed by atoms with Crippen LogP contribution in [0, 0.1) is 5.92 Å². The van der Waals surface area contributed by atoms with Gasteiger partial charge in [0.2, 0.25) is 0 Å². The molecule has 3 rings (SSSR count). The molecule has 1 heterocycles. The first-order valence-corrected chi connectivity index (χ1v) is 8.07. The van der Waals surface area contributed by atoms with Gasteiger partial charge in [0, 0.05) is 30.6 Å². The minimum absolute atomic E-state index is 0.907. The van der Waals surface area contributed by atoms with Crippen LogP contribution in [0.15, 0.2) is 30.3 Å². The zero-order valence-corrected chi connectivity index (χ0v) is 13.1. The van der Waals surface area contributed by atoms with E-state index in [9.17, 15) is 0 Å². The first kappa shape index (κ1) is 14.3. The monoisotopic (exact) mass is 283 g/mol. The summed E-state index contributed by atoms with van der Waals surface area (Å²) in [4.78, 5) is 7.23. The van der Waals surface area contributed by atoms with Crippen LogP contribution in [0.25, 0.3) is 10.9 Å². The van der Waals surface area contributed by atoms with E-state index >= 15 is 0 Å².